The molecule has 0 unspecified atom stereocenters. The Bertz CT molecular complexity index is 2160. The van der Waals surface area contributed by atoms with E-state index in [9.17, 15) is 19.2 Å². The number of hydrogen-bond acceptors (Lipinski definition) is 8. The van der Waals surface area contributed by atoms with Crippen molar-refractivity contribution in [2.45, 2.75) is 26.4 Å². The summed E-state index contributed by atoms with van der Waals surface area (Å²) in [5.41, 5.74) is 2.49. The number of nitrogens with one attached hydrogen (secondary N) is 1. The Labute approximate surface area is 297 Å². The van der Waals surface area contributed by atoms with E-state index in [-0.39, 0.29) is 57.9 Å². The summed E-state index contributed by atoms with van der Waals surface area (Å²) in [7, 11) is 1.47. The third kappa shape index (κ3) is 6.14. The molecule has 0 bridgehead atoms. The van der Waals surface area contributed by atoms with Crippen molar-refractivity contribution in [3.05, 3.63) is 126 Å². The van der Waals surface area contributed by atoms with Crippen LogP contribution in [-0.2, 0) is 19.5 Å². The zero-order chi connectivity index (χ0) is 30.1. The van der Waals surface area contributed by atoms with Crippen LogP contribution in [0, 0.1) is 0 Å². The fourth-order valence-electron chi connectivity index (χ4n) is 5.07. The van der Waals surface area contributed by atoms with E-state index in [1.165, 1.54) is 18.4 Å². The van der Waals surface area contributed by atoms with Gasteiger partial charge in [-0.3, -0.25) is 28.2 Å². The molecule has 1 radical (unpaired) electrons. The summed E-state index contributed by atoms with van der Waals surface area (Å²) >= 11 is 1.40. The van der Waals surface area contributed by atoms with Crippen LogP contribution in [0.25, 0.3) is 32.7 Å². The molecule has 0 atom stereocenters. The molecule has 3 aromatic carbocycles. The molecule has 6 aromatic rings. The molecule has 0 aliphatic heterocycles. The van der Waals surface area contributed by atoms with Crippen molar-refractivity contribution in [3.8, 4) is 28.3 Å². The molecule has 3 heterocycles. The van der Waals surface area contributed by atoms with Crippen molar-refractivity contribution < 1.29 is 14.1 Å². The summed E-state index contributed by atoms with van der Waals surface area (Å²) in [5.74, 6) is -0.331. The molecule has 0 saturated heterocycles. The van der Waals surface area contributed by atoms with Crippen molar-refractivity contribution >= 4 is 78.7 Å². The van der Waals surface area contributed by atoms with Gasteiger partial charge >= 0.3 is 11.4 Å². The molecule has 0 amide bonds. The summed E-state index contributed by atoms with van der Waals surface area (Å²) < 4.78 is 12.6. The summed E-state index contributed by atoms with van der Waals surface area (Å²) in [4.78, 5) is 56.2. The van der Waals surface area contributed by atoms with Gasteiger partial charge in [0.05, 0.1) is 31.1 Å². The van der Waals surface area contributed by atoms with Crippen LogP contribution in [0.4, 0.5) is 0 Å². The molecule has 10 nitrogen and oxygen atoms in total. The Morgan fingerprint density at radius 3 is 2.34 bits per heavy atom. The molecule has 217 valence electrons. The first-order chi connectivity index (χ1) is 20.9. The van der Waals surface area contributed by atoms with Crippen LogP contribution in [0.5, 0.6) is 5.75 Å². The van der Waals surface area contributed by atoms with Gasteiger partial charge in [-0.1, -0.05) is 72.7 Å². The van der Waals surface area contributed by atoms with E-state index in [4.69, 9.17) is 4.74 Å². The summed E-state index contributed by atoms with van der Waals surface area (Å²) in [6.07, 6.45) is 0.706. The van der Waals surface area contributed by atoms with Crippen LogP contribution in [0.15, 0.2) is 97.8 Å². The standard InChI is InChI=1S/C32H26N4O6S.K/c1-3-21-16-25-29(38)35(18-26(37)24-10-6-7-11-27(24)41-2)32(40)36(30(25)43-21)17-19-12-14-20(15-13-19)22-8-4-5-9-23(22)28-33-31(39)42-34-28;/h4-16H,3,17-18H2,1-2H3,(H,33,34,39);. The van der Waals surface area contributed by atoms with Gasteiger partial charge in [0.15, 0.2) is 11.6 Å². The minimum atomic E-state index is -0.636. The number of methoxy groups -OCH3 is 1. The van der Waals surface area contributed by atoms with Crippen LogP contribution < -0.4 is 21.7 Å². The number of ether oxygens (including phenoxy) is 1. The second-order valence-corrected chi connectivity index (χ2v) is 11.0. The first-order valence-corrected chi connectivity index (χ1v) is 14.4. The smallest absolute Gasteiger partial charge is 0.439 e. The number of benzene rings is 3. The number of thiophene rings is 1. The zero-order valence-electron chi connectivity index (χ0n) is 24.3. The third-order valence-electron chi connectivity index (χ3n) is 7.23. The molecule has 0 saturated carbocycles. The van der Waals surface area contributed by atoms with Gasteiger partial charge in [-0.05, 0) is 41.3 Å². The molecule has 44 heavy (non-hydrogen) atoms. The number of hydrogen-bond donors (Lipinski definition) is 1. The summed E-state index contributed by atoms with van der Waals surface area (Å²) in [6.45, 7) is 1.77. The van der Waals surface area contributed by atoms with Crippen molar-refractivity contribution in [3.63, 3.8) is 0 Å². The fraction of sp³-hybridized carbons (Fsp3) is 0.156. The predicted octanol–water partition coefficient (Wildman–Crippen LogP) is 4.36. The number of aromatic amines is 1. The molecular weight excluding hydrogens is 608 g/mol. The maximum atomic E-state index is 13.8. The van der Waals surface area contributed by atoms with Crippen LogP contribution in [0.3, 0.4) is 0 Å². The Balaban J connectivity index is 0.00000384. The third-order valence-corrected chi connectivity index (χ3v) is 8.53. The van der Waals surface area contributed by atoms with Gasteiger partial charge in [0.25, 0.3) is 5.56 Å². The van der Waals surface area contributed by atoms with Gasteiger partial charge in [-0.15, -0.1) is 11.3 Å². The van der Waals surface area contributed by atoms with Gasteiger partial charge in [0.2, 0.25) is 0 Å². The van der Waals surface area contributed by atoms with E-state index in [1.807, 2.05) is 55.5 Å². The summed E-state index contributed by atoms with van der Waals surface area (Å²) in [6, 6.07) is 23.7. The van der Waals surface area contributed by atoms with E-state index in [0.29, 0.717) is 39.3 Å². The van der Waals surface area contributed by atoms with E-state index in [0.717, 1.165) is 26.1 Å². The van der Waals surface area contributed by atoms with Gasteiger partial charge < -0.3 is 4.74 Å². The average Bonchev–Trinajstić information content (AvgIpc) is 3.68. The maximum Gasteiger partial charge on any atom is 0.439 e. The first-order valence-electron chi connectivity index (χ1n) is 13.5. The minimum absolute atomic E-state index is 0. The Kier molecular flexibility index (Phi) is 9.78. The van der Waals surface area contributed by atoms with E-state index >= 15 is 0 Å². The van der Waals surface area contributed by atoms with Gasteiger partial charge in [0.1, 0.15) is 10.6 Å². The molecule has 1 N–H and O–H groups in total. The number of H-pyrrole nitrogens is 1. The van der Waals surface area contributed by atoms with Crippen molar-refractivity contribution in [2.75, 3.05) is 7.11 Å². The number of nitrogens with zero attached hydrogens (tertiary/aromatic N) is 3. The molecule has 12 heteroatoms. The van der Waals surface area contributed by atoms with E-state index in [2.05, 4.69) is 14.7 Å². The number of Topliss-reactive ketones (excluding diaryl/α,β-unsaturated/α-hetero) is 1. The van der Waals surface area contributed by atoms with Crippen LogP contribution in [0.1, 0.15) is 27.7 Å². The first kappa shape index (κ1) is 31.8. The predicted molar refractivity (Wildman–Crippen MR) is 170 cm³/mol. The van der Waals surface area contributed by atoms with Gasteiger partial charge in [0, 0.05) is 61.8 Å². The minimum Gasteiger partial charge on any atom is -0.496 e. The number of carbonyl (C=O) groups is 1. The summed E-state index contributed by atoms with van der Waals surface area (Å²) in [5, 5.41) is 4.22. The van der Waals surface area contributed by atoms with E-state index < -0.39 is 29.3 Å². The van der Waals surface area contributed by atoms with Crippen molar-refractivity contribution in [2.24, 2.45) is 0 Å². The number of aryl methyl sites for hydroxylation is 1. The molecule has 6 rings (SSSR count). The quantitative estimate of drug-likeness (QED) is 0.185. The Morgan fingerprint density at radius 1 is 0.955 bits per heavy atom. The van der Waals surface area contributed by atoms with Gasteiger partial charge in [-0.2, -0.15) is 0 Å². The number of aromatic nitrogens is 4. The Morgan fingerprint density at radius 2 is 1.66 bits per heavy atom. The number of carbonyl (C=O) groups excluding carboxylic acids is 1. The second-order valence-electron chi connectivity index (χ2n) is 9.85. The normalized spacial score (nSPS) is 11.0. The number of fused-ring (bicyclic) bond motifs is 1. The molecular formula is C32H26KN4O6S. The molecule has 0 aliphatic carbocycles. The molecule has 0 aliphatic rings. The second kappa shape index (κ2) is 13.5. The van der Waals surface area contributed by atoms with Crippen molar-refractivity contribution in [1.29, 1.82) is 0 Å². The monoisotopic (exact) mass is 633 g/mol. The van der Waals surface area contributed by atoms with Crippen molar-refractivity contribution in [1.82, 2.24) is 19.3 Å². The SMILES string of the molecule is CCc1cc2c(=O)n(CC(=O)c3ccccc3OC)c(=O)n(Cc3ccc(-c4ccccc4-c4noc(=O)[nH]4)cc3)c2s1.[K]. The Hall–Kier alpha value is -3.65. The topological polar surface area (TPSA) is 129 Å². The van der Waals surface area contributed by atoms with Gasteiger partial charge in [-0.25, -0.2) is 9.59 Å². The average molecular weight is 634 g/mol. The van der Waals surface area contributed by atoms with Crippen LogP contribution >= 0.6 is 11.3 Å². The zero-order valence-corrected chi connectivity index (χ0v) is 28.3. The van der Waals surface area contributed by atoms with Crippen LogP contribution in [0.2, 0.25) is 0 Å². The number of ketones is 1. The number of para-hydroxylation sites is 1. The molecule has 3 aromatic heterocycles. The molecule has 0 fully saturated rings. The van der Waals surface area contributed by atoms with E-state index in [1.54, 1.807) is 34.9 Å². The molecule has 0 spiro atoms. The number of rotatable bonds is 9. The largest absolute Gasteiger partial charge is 0.496 e. The van der Waals surface area contributed by atoms with Crippen LogP contribution in [-0.4, -0.2) is 83.6 Å². The fourth-order valence-corrected chi connectivity index (χ4v) is 6.14. The maximum absolute atomic E-state index is 13.8.